The Balaban J connectivity index is 2.65. The lowest BCUT2D eigenvalue weighted by atomic mass is 10.2. The molecule has 1 rings (SSSR count). The van der Waals surface area contributed by atoms with Gasteiger partial charge in [0.05, 0.1) is 6.10 Å². The summed E-state index contributed by atoms with van der Waals surface area (Å²) in [6, 6.07) is 3.45. The highest BCUT2D eigenvalue weighted by atomic mass is 28.4. The second-order valence-corrected chi connectivity index (χ2v) is 9.10. The van der Waals surface area contributed by atoms with Crippen LogP contribution < -0.4 is 0 Å². The summed E-state index contributed by atoms with van der Waals surface area (Å²) in [6.07, 6.45) is 2.65. The zero-order chi connectivity index (χ0) is 11.5. The van der Waals surface area contributed by atoms with Gasteiger partial charge in [0, 0.05) is 6.42 Å². The van der Waals surface area contributed by atoms with Crippen molar-refractivity contribution in [2.45, 2.75) is 58.4 Å². The summed E-state index contributed by atoms with van der Waals surface area (Å²) in [5, 5.41) is 0. The van der Waals surface area contributed by atoms with Crippen molar-refractivity contribution in [3.63, 3.8) is 0 Å². The highest BCUT2D eigenvalue weighted by Crippen LogP contribution is 2.27. The number of ketones is 1. The van der Waals surface area contributed by atoms with Gasteiger partial charge in [0.2, 0.25) is 0 Å². The first-order valence-electron chi connectivity index (χ1n) is 5.96. The van der Waals surface area contributed by atoms with E-state index in [9.17, 15) is 4.79 Å². The lowest BCUT2D eigenvalue weighted by Gasteiger charge is -2.30. The molecule has 0 fully saturated rings. The smallest absolute Gasteiger partial charge is 0.192 e. The van der Waals surface area contributed by atoms with Crippen LogP contribution >= 0.6 is 0 Å². The van der Waals surface area contributed by atoms with Crippen LogP contribution in [0.1, 0.15) is 34.1 Å². The second-order valence-electron chi connectivity index (χ2n) is 4.38. The summed E-state index contributed by atoms with van der Waals surface area (Å²) < 4.78 is 6.23. The van der Waals surface area contributed by atoms with Crippen molar-refractivity contribution < 1.29 is 9.22 Å². The first kappa shape index (κ1) is 12.7. The number of rotatable bonds is 5. The largest absolute Gasteiger partial charge is 0.410 e. The van der Waals surface area contributed by atoms with E-state index >= 15 is 0 Å². The average molecular weight is 226 g/mol. The maximum atomic E-state index is 11.4. The van der Waals surface area contributed by atoms with E-state index in [0.717, 1.165) is 23.7 Å². The summed E-state index contributed by atoms with van der Waals surface area (Å²) in [6.45, 7) is 8.53. The minimum atomic E-state index is -1.54. The molecule has 0 unspecified atom stereocenters. The number of hydrogen-bond acceptors (Lipinski definition) is 2. The molecule has 0 amide bonds. The second kappa shape index (κ2) is 5.08. The van der Waals surface area contributed by atoms with E-state index in [1.54, 1.807) is 0 Å². The highest BCUT2D eigenvalue weighted by Gasteiger charge is 2.34. The van der Waals surface area contributed by atoms with Gasteiger partial charge in [-0.1, -0.05) is 26.8 Å². The Hall–Kier alpha value is -0.413. The molecule has 2 nitrogen and oxygen atoms in total. The molecule has 1 aliphatic rings. The molecular formula is C12H22O2Si. The van der Waals surface area contributed by atoms with Gasteiger partial charge in [-0.05, 0) is 30.6 Å². The van der Waals surface area contributed by atoms with E-state index in [2.05, 4.69) is 20.8 Å². The third-order valence-corrected chi connectivity index (χ3v) is 8.27. The Morgan fingerprint density at radius 1 is 1.33 bits per heavy atom. The summed E-state index contributed by atoms with van der Waals surface area (Å²) in [5.74, 6) is 0.256. The maximum absolute atomic E-state index is 11.4. The van der Waals surface area contributed by atoms with Gasteiger partial charge in [-0.2, -0.15) is 0 Å². The number of Topliss-reactive ketones (excluding diaryl/α,β-unsaturated/α-hetero) is 1. The Kier molecular flexibility index (Phi) is 4.29. The van der Waals surface area contributed by atoms with Crippen LogP contribution in [-0.4, -0.2) is 20.2 Å². The zero-order valence-electron chi connectivity index (χ0n) is 10.3. The van der Waals surface area contributed by atoms with Crippen molar-refractivity contribution in [2.24, 2.45) is 0 Å². The van der Waals surface area contributed by atoms with E-state index in [1.165, 1.54) is 0 Å². The summed E-state index contributed by atoms with van der Waals surface area (Å²) in [5.41, 5.74) is 0.881. The van der Waals surface area contributed by atoms with Gasteiger partial charge >= 0.3 is 0 Å². The number of carbonyl (C=O) groups excluding carboxylic acids is 1. The fourth-order valence-electron chi connectivity index (χ4n) is 2.17. The number of carbonyl (C=O) groups is 1. The van der Waals surface area contributed by atoms with Gasteiger partial charge < -0.3 is 4.43 Å². The normalized spacial score (nSPS) is 22.0. The van der Waals surface area contributed by atoms with Crippen molar-refractivity contribution in [3.8, 4) is 0 Å². The number of hydrogen-bond donors (Lipinski definition) is 0. The predicted molar refractivity (Wildman–Crippen MR) is 65.5 cm³/mol. The van der Waals surface area contributed by atoms with Gasteiger partial charge in [-0.25, -0.2) is 0 Å². The quantitative estimate of drug-likeness (QED) is 0.672. The topological polar surface area (TPSA) is 26.3 Å². The summed E-state index contributed by atoms with van der Waals surface area (Å²) >= 11 is 0. The Labute approximate surface area is 93.8 Å². The van der Waals surface area contributed by atoms with E-state index in [-0.39, 0.29) is 11.9 Å². The molecule has 0 aliphatic heterocycles. The first-order chi connectivity index (χ1) is 7.06. The molecule has 15 heavy (non-hydrogen) atoms. The molecule has 0 radical (unpaired) electrons. The molecule has 0 aromatic carbocycles. The fraction of sp³-hybridized carbons (Fsp3) is 0.750. The lowest BCUT2D eigenvalue weighted by Crippen LogP contribution is -2.39. The van der Waals surface area contributed by atoms with Crippen LogP contribution in [0.3, 0.4) is 0 Å². The molecule has 0 saturated carbocycles. The third kappa shape index (κ3) is 2.79. The minimum Gasteiger partial charge on any atom is -0.410 e. The maximum Gasteiger partial charge on any atom is 0.192 e. The van der Waals surface area contributed by atoms with Gasteiger partial charge in [-0.3, -0.25) is 4.79 Å². The SMILES string of the molecule is CC[Si](CC)(CC)O[C@H]1C=C(C)C(=O)C1. The molecule has 1 atom stereocenters. The predicted octanol–water partition coefficient (Wildman–Crippen LogP) is 3.30. The van der Waals surface area contributed by atoms with Gasteiger partial charge in [0.25, 0.3) is 0 Å². The van der Waals surface area contributed by atoms with Crippen molar-refractivity contribution in [1.82, 2.24) is 0 Å². The van der Waals surface area contributed by atoms with E-state index < -0.39 is 8.32 Å². The van der Waals surface area contributed by atoms with E-state index in [0.29, 0.717) is 6.42 Å². The third-order valence-electron chi connectivity index (χ3n) is 3.60. The first-order valence-corrected chi connectivity index (χ1v) is 8.49. The monoisotopic (exact) mass is 226 g/mol. The van der Waals surface area contributed by atoms with Gasteiger partial charge in [0.15, 0.2) is 14.1 Å². The zero-order valence-corrected chi connectivity index (χ0v) is 11.3. The van der Waals surface area contributed by atoms with E-state index in [4.69, 9.17) is 4.43 Å². The minimum absolute atomic E-state index is 0.0732. The molecular weight excluding hydrogens is 204 g/mol. The Morgan fingerprint density at radius 3 is 2.20 bits per heavy atom. The molecule has 3 heteroatoms. The lowest BCUT2D eigenvalue weighted by molar-refractivity contribution is -0.115. The van der Waals surface area contributed by atoms with Crippen molar-refractivity contribution in [2.75, 3.05) is 0 Å². The molecule has 0 aromatic heterocycles. The van der Waals surface area contributed by atoms with Crippen LogP contribution in [0.5, 0.6) is 0 Å². The molecule has 0 aromatic rings. The number of allylic oxidation sites excluding steroid dienone is 1. The molecule has 86 valence electrons. The van der Waals surface area contributed by atoms with Crippen LogP contribution in [-0.2, 0) is 9.22 Å². The highest BCUT2D eigenvalue weighted by molar-refractivity contribution is 6.73. The molecule has 0 N–H and O–H groups in total. The molecule has 0 heterocycles. The standard InChI is InChI=1S/C12H22O2Si/c1-5-15(6-2,7-3)14-11-8-10(4)12(13)9-11/h8,11H,5-7,9H2,1-4H3/t11-/m0/s1. The van der Waals surface area contributed by atoms with Gasteiger partial charge in [0.1, 0.15) is 0 Å². The molecule has 0 spiro atoms. The van der Waals surface area contributed by atoms with Crippen molar-refractivity contribution >= 4 is 14.1 Å². The van der Waals surface area contributed by atoms with Crippen molar-refractivity contribution in [3.05, 3.63) is 11.6 Å². The van der Waals surface area contributed by atoms with Crippen LogP contribution in [0, 0.1) is 0 Å². The van der Waals surface area contributed by atoms with Crippen LogP contribution in [0.4, 0.5) is 0 Å². The Morgan fingerprint density at radius 2 is 1.87 bits per heavy atom. The van der Waals surface area contributed by atoms with Crippen LogP contribution in [0.15, 0.2) is 11.6 Å². The van der Waals surface area contributed by atoms with Gasteiger partial charge in [-0.15, -0.1) is 0 Å². The fourth-order valence-corrected chi connectivity index (χ4v) is 4.96. The Bertz CT molecular complexity index is 259. The van der Waals surface area contributed by atoms with Crippen LogP contribution in [0.25, 0.3) is 0 Å². The molecule has 1 aliphatic carbocycles. The molecule has 0 saturated heterocycles. The van der Waals surface area contributed by atoms with Crippen molar-refractivity contribution in [1.29, 1.82) is 0 Å². The molecule has 0 bridgehead atoms. The average Bonchev–Trinajstić information content (AvgIpc) is 2.55. The summed E-state index contributed by atoms with van der Waals surface area (Å²) in [4.78, 5) is 11.4. The van der Waals surface area contributed by atoms with Crippen LogP contribution in [0.2, 0.25) is 18.1 Å². The summed E-state index contributed by atoms with van der Waals surface area (Å²) in [7, 11) is -1.54. The van der Waals surface area contributed by atoms with E-state index in [1.807, 2.05) is 13.0 Å².